The molecule has 1 aromatic heterocycles. The number of benzene rings is 3. The van der Waals surface area contributed by atoms with Gasteiger partial charge in [-0.2, -0.15) is 5.10 Å². The number of aromatic hydroxyl groups is 1. The number of thioether (sulfide) groups is 1. The summed E-state index contributed by atoms with van der Waals surface area (Å²) in [7, 11) is 0. The lowest BCUT2D eigenvalue weighted by atomic mass is 10.2. The highest BCUT2D eigenvalue weighted by molar-refractivity contribution is 9.10. The first-order chi connectivity index (χ1) is 16.0. The monoisotopic (exact) mass is 585 g/mol. The minimum Gasteiger partial charge on any atom is -0.507 e. The van der Waals surface area contributed by atoms with Crippen LogP contribution in [0.5, 0.6) is 5.75 Å². The van der Waals surface area contributed by atoms with Gasteiger partial charge in [0.05, 0.1) is 12.0 Å². The number of para-hydroxylation sites is 1. The molecule has 33 heavy (non-hydrogen) atoms. The molecule has 0 atom stereocenters. The molecule has 0 saturated carbocycles. The van der Waals surface area contributed by atoms with Gasteiger partial charge in [-0.25, -0.2) is 5.43 Å². The van der Waals surface area contributed by atoms with Crippen LogP contribution in [0.2, 0.25) is 0 Å². The zero-order valence-corrected chi connectivity index (χ0v) is 21.0. The van der Waals surface area contributed by atoms with Crippen molar-refractivity contribution in [3.63, 3.8) is 0 Å². The fourth-order valence-electron chi connectivity index (χ4n) is 2.95. The molecule has 0 spiro atoms. The van der Waals surface area contributed by atoms with Crippen LogP contribution in [0, 0.1) is 0 Å². The Kier molecular flexibility index (Phi) is 7.58. The quantitative estimate of drug-likeness (QED) is 0.172. The highest BCUT2D eigenvalue weighted by Crippen LogP contribution is 2.29. The Bertz CT molecular complexity index is 1310. The summed E-state index contributed by atoms with van der Waals surface area (Å²) < 4.78 is 3.65. The molecule has 0 bridgehead atoms. The number of rotatable bonds is 7. The van der Waals surface area contributed by atoms with Crippen LogP contribution in [-0.4, -0.2) is 37.7 Å². The Hall–Kier alpha value is -2.95. The van der Waals surface area contributed by atoms with Crippen molar-refractivity contribution in [2.24, 2.45) is 5.10 Å². The predicted molar refractivity (Wildman–Crippen MR) is 137 cm³/mol. The Labute approximate surface area is 211 Å². The summed E-state index contributed by atoms with van der Waals surface area (Å²) in [4.78, 5) is 12.3. The van der Waals surface area contributed by atoms with Gasteiger partial charge in [0.2, 0.25) is 0 Å². The van der Waals surface area contributed by atoms with E-state index in [0.29, 0.717) is 16.5 Å². The molecule has 1 heterocycles. The average molecular weight is 587 g/mol. The van der Waals surface area contributed by atoms with E-state index in [0.717, 1.165) is 20.2 Å². The molecular formula is C23H17Br2N5O2S. The number of nitrogens with one attached hydrogen (secondary N) is 1. The third kappa shape index (κ3) is 5.89. The van der Waals surface area contributed by atoms with E-state index in [2.05, 4.69) is 52.6 Å². The molecule has 4 aromatic rings. The number of aromatic nitrogens is 3. The second kappa shape index (κ2) is 10.8. The molecule has 0 aliphatic carbocycles. The summed E-state index contributed by atoms with van der Waals surface area (Å²) in [6.07, 6.45) is 1.39. The van der Waals surface area contributed by atoms with Crippen molar-refractivity contribution in [3.05, 3.63) is 87.3 Å². The average Bonchev–Trinajstić information content (AvgIpc) is 3.24. The number of phenolic OH excluding ortho intramolecular Hbond substituents is 1. The van der Waals surface area contributed by atoms with Crippen molar-refractivity contribution in [2.45, 2.75) is 5.16 Å². The maximum atomic E-state index is 12.3. The maximum Gasteiger partial charge on any atom is 0.250 e. The third-order valence-electron chi connectivity index (χ3n) is 4.45. The molecule has 4 rings (SSSR count). The summed E-state index contributed by atoms with van der Waals surface area (Å²) in [6.45, 7) is 0. The Morgan fingerprint density at radius 1 is 1.03 bits per heavy atom. The van der Waals surface area contributed by atoms with Gasteiger partial charge in [0.15, 0.2) is 11.0 Å². The molecular weight excluding hydrogens is 570 g/mol. The van der Waals surface area contributed by atoms with Crippen molar-refractivity contribution in [1.82, 2.24) is 20.2 Å². The molecule has 0 aliphatic heterocycles. The number of hydrogen-bond donors (Lipinski definition) is 2. The number of carbonyl (C=O) groups is 1. The van der Waals surface area contributed by atoms with Crippen LogP contribution in [0.3, 0.4) is 0 Å². The molecule has 7 nitrogen and oxygen atoms in total. The van der Waals surface area contributed by atoms with Crippen LogP contribution >= 0.6 is 43.6 Å². The van der Waals surface area contributed by atoms with E-state index in [1.54, 1.807) is 18.2 Å². The molecule has 3 aromatic carbocycles. The van der Waals surface area contributed by atoms with E-state index in [1.165, 1.54) is 18.0 Å². The Morgan fingerprint density at radius 3 is 2.61 bits per heavy atom. The first-order valence-electron chi connectivity index (χ1n) is 9.71. The Balaban J connectivity index is 1.50. The molecule has 0 fully saturated rings. The van der Waals surface area contributed by atoms with Gasteiger partial charge in [-0.1, -0.05) is 74.0 Å². The Morgan fingerprint density at radius 2 is 1.82 bits per heavy atom. The van der Waals surface area contributed by atoms with Gasteiger partial charge in [-0.3, -0.25) is 9.36 Å². The number of halogens is 2. The second-order valence-corrected chi connectivity index (χ2v) is 9.55. The van der Waals surface area contributed by atoms with Gasteiger partial charge in [-0.05, 0) is 42.5 Å². The molecule has 0 aliphatic rings. The van der Waals surface area contributed by atoms with Gasteiger partial charge in [0.25, 0.3) is 5.91 Å². The summed E-state index contributed by atoms with van der Waals surface area (Å²) in [5.74, 6) is 0.526. The predicted octanol–water partition coefficient (Wildman–Crippen LogP) is 5.41. The summed E-state index contributed by atoms with van der Waals surface area (Å²) in [5, 5.41) is 23.1. The fraction of sp³-hybridized carbons (Fsp3) is 0.0435. The van der Waals surface area contributed by atoms with E-state index >= 15 is 0 Å². The van der Waals surface area contributed by atoms with Crippen molar-refractivity contribution in [3.8, 4) is 22.8 Å². The van der Waals surface area contributed by atoms with Gasteiger partial charge in [0, 0.05) is 25.8 Å². The van der Waals surface area contributed by atoms with Crippen molar-refractivity contribution in [1.29, 1.82) is 0 Å². The van der Waals surface area contributed by atoms with Gasteiger partial charge in [0.1, 0.15) is 5.75 Å². The van der Waals surface area contributed by atoms with E-state index in [1.807, 2.05) is 59.2 Å². The zero-order chi connectivity index (χ0) is 23.2. The molecule has 0 unspecified atom stereocenters. The first kappa shape index (κ1) is 23.2. The van der Waals surface area contributed by atoms with Crippen LogP contribution < -0.4 is 5.43 Å². The molecule has 166 valence electrons. The summed E-state index contributed by atoms with van der Waals surface area (Å²) in [5.41, 5.74) is 4.75. The van der Waals surface area contributed by atoms with Crippen LogP contribution in [0.4, 0.5) is 0 Å². The lowest BCUT2D eigenvalue weighted by Crippen LogP contribution is -2.20. The van der Waals surface area contributed by atoms with Crippen LogP contribution in [0.1, 0.15) is 5.56 Å². The molecule has 1 amide bonds. The van der Waals surface area contributed by atoms with Crippen molar-refractivity contribution in [2.75, 3.05) is 5.75 Å². The maximum absolute atomic E-state index is 12.3. The summed E-state index contributed by atoms with van der Waals surface area (Å²) in [6, 6.07) is 22.5. The standard InChI is InChI=1S/C23H17Br2N5O2S/c24-17-6-4-5-15(11-17)22-28-29-23(30(22)19-7-2-1-3-8-19)33-14-21(32)27-26-13-16-12-18(25)9-10-20(16)31/h1-13,31H,14H2,(H,27,32)/b26-13+. The minimum atomic E-state index is -0.308. The second-order valence-electron chi connectivity index (χ2n) is 6.77. The van der Waals surface area contributed by atoms with Gasteiger partial charge >= 0.3 is 0 Å². The van der Waals surface area contributed by atoms with Crippen LogP contribution in [-0.2, 0) is 4.79 Å². The highest BCUT2D eigenvalue weighted by Gasteiger charge is 2.17. The molecule has 10 heteroatoms. The lowest BCUT2D eigenvalue weighted by Gasteiger charge is -2.10. The SMILES string of the molecule is O=C(CSc1nnc(-c2cccc(Br)c2)n1-c1ccccc1)N/N=C/c1cc(Br)ccc1O. The van der Waals surface area contributed by atoms with Crippen LogP contribution in [0.15, 0.2) is 92.0 Å². The van der Waals surface area contributed by atoms with Gasteiger partial charge < -0.3 is 5.11 Å². The summed E-state index contributed by atoms with van der Waals surface area (Å²) >= 11 is 8.09. The molecule has 2 N–H and O–H groups in total. The lowest BCUT2D eigenvalue weighted by molar-refractivity contribution is -0.118. The van der Waals surface area contributed by atoms with E-state index in [4.69, 9.17) is 0 Å². The van der Waals surface area contributed by atoms with E-state index < -0.39 is 0 Å². The number of phenols is 1. The molecule has 0 radical (unpaired) electrons. The smallest absolute Gasteiger partial charge is 0.250 e. The topological polar surface area (TPSA) is 92.4 Å². The normalized spacial score (nSPS) is 11.1. The fourth-order valence-corrected chi connectivity index (χ4v) is 4.48. The van der Waals surface area contributed by atoms with E-state index in [-0.39, 0.29) is 17.4 Å². The van der Waals surface area contributed by atoms with Crippen molar-refractivity contribution < 1.29 is 9.90 Å². The number of hydrogen-bond acceptors (Lipinski definition) is 6. The third-order valence-corrected chi connectivity index (χ3v) is 6.36. The molecule has 0 saturated heterocycles. The first-order valence-corrected chi connectivity index (χ1v) is 12.3. The minimum absolute atomic E-state index is 0.0709. The van der Waals surface area contributed by atoms with Gasteiger partial charge in [-0.15, -0.1) is 10.2 Å². The number of carbonyl (C=O) groups excluding carboxylic acids is 1. The number of nitrogens with zero attached hydrogens (tertiary/aromatic N) is 4. The number of amides is 1. The van der Waals surface area contributed by atoms with E-state index in [9.17, 15) is 9.90 Å². The zero-order valence-electron chi connectivity index (χ0n) is 17.0. The number of hydrazone groups is 1. The van der Waals surface area contributed by atoms with Crippen LogP contribution in [0.25, 0.3) is 17.1 Å². The van der Waals surface area contributed by atoms with Crippen molar-refractivity contribution >= 4 is 55.7 Å². The largest absolute Gasteiger partial charge is 0.507 e. The highest BCUT2D eigenvalue weighted by atomic mass is 79.9.